The van der Waals surface area contributed by atoms with Crippen molar-refractivity contribution in [3.05, 3.63) is 18.4 Å². The van der Waals surface area contributed by atoms with Crippen molar-refractivity contribution >= 4 is 0 Å². The first kappa shape index (κ1) is 9.22. The fourth-order valence-corrected chi connectivity index (χ4v) is 0.913. The highest BCUT2D eigenvalue weighted by molar-refractivity contribution is 4.87. The molecule has 12 heavy (non-hydrogen) atoms. The van der Waals surface area contributed by atoms with Crippen molar-refractivity contribution in [3.63, 3.8) is 0 Å². The van der Waals surface area contributed by atoms with Crippen LogP contribution < -0.4 is 5.32 Å². The third kappa shape index (κ3) is 3.02. The van der Waals surface area contributed by atoms with Crippen molar-refractivity contribution in [1.82, 2.24) is 10.3 Å². The maximum absolute atomic E-state index is 5.05. The van der Waals surface area contributed by atoms with Crippen LogP contribution in [0, 0.1) is 0 Å². The molecule has 0 fully saturated rings. The van der Waals surface area contributed by atoms with E-state index in [0.717, 1.165) is 5.76 Å². The minimum atomic E-state index is 0.333. The average Bonchev–Trinajstić information content (AvgIpc) is 2.53. The van der Waals surface area contributed by atoms with Crippen molar-refractivity contribution in [2.45, 2.75) is 19.5 Å². The maximum Gasteiger partial charge on any atom is 0.180 e. The van der Waals surface area contributed by atoms with E-state index < -0.39 is 0 Å². The summed E-state index contributed by atoms with van der Waals surface area (Å²) in [4.78, 5) is 3.81. The fraction of sp³-hybridized carbons (Fsp3) is 0.625. The fourth-order valence-electron chi connectivity index (χ4n) is 0.913. The first-order valence-corrected chi connectivity index (χ1v) is 3.92. The SMILES string of the molecule is COCC(C)NCc1cnco1. The van der Waals surface area contributed by atoms with Gasteiger partial charge in [0.2, 0.25) is 0 Å². The third-order valence-electron chi connectivity index (χ3n) is 1.52. The molecule has 4 heteroatoms. The number of hydrogen-bond acceptors (Lipinski definition) is 4. The van der Waals surface area contributed by atoms with E-state index in [-0.39, 0.29) is 0 Å². The van der Waals surface area contributed by atoms with Gasteiger partial charge in [0.1, 0.15) is 5.76 Å². The lowest BCUT2D eigenvalue weighted by molar-refractivity contribution is 0.170. The molecule has 1 aromatic heterocycles. The van der Waals surface area contributed by atoms with Gasteiger partial charge in [-0.15, -0.1) is 0 Å². The topological polar surface area (TPSA) is 47.3 Å². The van der Waals surface area contributed by atoms with Crippen molar-refractivity contribution in [3.8, 4) is 0 Å². The van der Waals surface area contributed by atoms with Crippen molar-refractivity contribution in [1.29, 1.82) is 0 Å². The lowest BCUT2D eigenvalue weighted by atomic mass is 10.3. The molecule has 0 amide bonds. The van der Waals surface area contributed by atoms with Gasteiger partial charge in [-0.05, 0) is 6.92 Å². The Bertz CT molecular complexity index is 199. The minimum Gasteiger partial charge on any atom is -0.447 e. The van der Waals surface area contributed by atoms with Crippen molar-refractivity contribution in [2.75, 3.05) is 13.7 Å². The molecule has 1 aromatic rings. The number of oxazole rings is 1. The van der Waals surface area contributed by atoms with Crippen LogP contribution in [0.5, 0.6) is 0 Å². The van der Waals surface area contributed by atoms with E-state index in [1.807, 2.05) is 0 Å². The molecule has 1 heterocycles. The summed E-state index contributed by atoms with van der Waals surface area (Å²) in [6.45, 7) is 3.46. The minimum absolute atomic E-state index is 0.333. The molecule has 1 rings (SSSR count). The molecule has 1 N–H and O–H groups in total. The van der Waals surface area contributed by atoms with Gasteiger partial charge in [0.05, 0.1) is 19.3 Å². The summed E-state index contributed by atoms with van der Waals surface area (Å²) in [7, 11) is 1.69. The van der Waals surface area contributed by atoms with Gasteiger partial charge in [0.25, 0.3) is 0 Å². The van der Waals surface area contributed by atoms with Crippen LogP contribution in [0.25, 0.3) is 0 Å². The van der Waals surface area contributed by atoms with E-state index >= 15 is 0 Å². The Balaban J connectivity index is 2.17. The van der Waals surface area contributed by atoms with E-state index in [4.69, 9.17) is 9.15 Å². The molecule has 0 saturated heterocycles. The van der Waals surface area contributed by atoms with Crippen LogP contribution in [0.15, 0.2) is 17.0 Å². The molecular formula is C8H14N2O2. The number of ether oxygens (including phenoxy) is 1. The molecule has 0 aliphatic carbocycles. The molecule has 0 saturated carbocycles. The van der Waals surface area contributed by atoms with Crippen LogP contribution in [0.3, 0.4) is 0 Å². The lowest BCUT2D eigenvalue weighted by Gasteiger charge is -2.10. The average molecular weight is 170 g/mol. The summed E-state index contributed by atoms with van der Waals surface area (Å²) in [5, 5.41) is 3.23. The van der Waals surface area contributed by atoms with Gasteiger partial charge in [-0.3, -0.25) is 0 Å². The second-order valence-electron chi connectivity index (χ2n) is 2.71. The van der Waals surface area contributed by atoms with Crippen LogP contribution in [0.2, 0.25) is 0 Å². The zero-order valence-corrected chi connectivity index (χ0v) is 7.41. The highest BCUT2D eigenvalue weighted by Gasteiger charge is 2.01. The highest BCUT2D eigenvalue weighted by atomic mass is 16.5. The Morgan fingerprint density at radius 1 is 1.75 bits per heavy atom. The molecule has 0 radical (unpaired) electrons. The standard InChI is InChI=1S/C8H14N2O2/c1-7(5-11-2)10-4-8-3-9-6-12-8/h3,6-7,10H,4-5H2,1-2H3. The molecule has 0 spiro atoms. The predicted molar refractivity (Wildman–Crippen MR) is 44.7 cm³/mol. The van der Waals surface area contributed by atoms with Crippen LogP contribution in [-0.2, 0) is 11.3 Å². The molecule has 0 bridgehead atoms. The summed E-state index contributed by atoms with van der Waals surface area (Å²) >= 11 is 0. The van der Waals surface area contributed by atoms with Gasteiger partial charge in [-0.25, -0.2) is 4.98 Å². The molecule has 68 valence electrons. The Hall–Kier alpha value is -0.870. The van der Waals surface area contributed by atoms with Crippen LogP contribution >= 0.6 is 0 Å². The predicted octanol–water partition coefficient (Wildman–Crippen LogP) is 0.799. The quantitative estimate of drug-likeness (QED) is 0.710. The van der Waals surface area contributed by atoms with Crippen molar-refractivity contribution < 1.29 is 9.15 Å². The summed E-state index contributed by atoms with van der Waals surface area (Å²) < 4.78 is 10.0. The van der Waals surface area contributed by atoms with Crippen LogP contribution in [0.1, 0.15) is 12.7 Å². The lowest BCUT2D eigenvalue weighted by Crippen LogP contribution is -2.29. The zero-order valence-electron chi connectivity index (χ0n) is 7.41. The molecular weight excluding hydrogens is 156 g/mol. The summed E-state index contributed by atoms with van der Waals surface area (Å²) in [6.07, 6.45) is 3.13. The number of methoxy groups -OCH3 is 1. The van der Waals surface area contributed by atoms with Gasteiger partial charge in [-0.1, -0.05) is 0 Å². The summed E-state index contributed by atoms with van der Waals surface area (Å²) in [5.41, 5.74) is 0. The first-order chi connectivity index (χ1) is 5.83. The monoisotopic (exact) mass is 170 g/mol. The number of nitrogens with zero attached hydrogens (tertiary/aromatic N) is 1. The van der Waals surface area contributed by atoms with Gasteiger partial charge in [0.15, 0.2) is 6.39 Å². The summed E-state index contributed by atoms with van der Waals surface area (Å²) in [5.74, 6) is 0.845. The van der Waals surface area contributed by atoms with E-state index in [2.05, 4.69) is 17.2 Å². The molecule has 0 aromatic carbocycles. The van der Waals surface area contributed by atoms with Gasteiger partial charge < -0.3 is 14.5 Å². The highest BCUT2D eigenvalue weighted by Crippen LogP contribution is 1.95. The molecule has 0 aliphatic rings. The molecule has 0 aliphatic heterocycles. The Labute approximate surface area is 71.9 Å². The van der Waals surface area contributed by atoms with Crippen molar-refractivity contribution in [2.24, 2.45) is 0 Å². The summed E-state index contributed by atoms with van der Waals surface area (Å²) in [6, 6.07) is 0.333. The second kappa shape index (κ2) is 4.90. The first-order valence-electron chi connectivity index (χ1n) is 3.92. The molecule has 1 atom stereocenters. The second-order valence-corrected chi connectivity index (χ2v) is 2.71. The van der Waals surface area contributed by atoms with E-state index in [1.165, 1.54) is 6.39 Å². The zero-order chi connectivity index (χ0) is 8.81. The van der Waals surface area contributed by atoms with Gasteiger partial charge in [-0.2, -0.15) is 0 Å². The van der Waals surface area contributed by atoms with Crippen LogP contribution in [-0.4, -0.2) is 24.7 Å². The normalized spacial score (nSPS) is 13.2. The smallest absolute Gasteiger partial charge is 0.180 e. The number of nitrogens with one attached hydrogen (secondary N) is 1. The van der Waals surface area contributed by atoms with E-state index in [9.17, 15) is 0 Å². The molecule has 4 nitrogen and oxygen atoms in total. The Kier molecular flexibility index (Phi) is 3.76. The Morgan fingerprint density at radius 2 is 2.58 bits per heavy atom. The number of hydrogen-bond donors (Lipinski definition) is 1. The third-order valence-corrected chi connectivity index (χ3v) is 1.52. The van der Waals surface area contributed by atoms with Gasteiger partial charge >= 0.3 is 0 Å². The largest absolute Gasteiger partial charge is 0.447 e. The number of aromatic nitrogens is 1. The van der Waals surface area contributed by atoms with E-state index in [1.54, 1.807) is 13.3 Å². The number of rotatable bonds is 5. The van der Waals surface area contributed by atoms with Crippen LogP contribution in [0.4, 0.5) is 0 Å². The molecule has 1 unspecified atom stereocenters. The Morgan fingerprint density at radius 3 is 3.17 bits per heavy atom. The maximum atomic E-state index is 5.05. The van der Waals surface area contributed by atoms with Gasteiger partial charge in [0, 0.05) is 13.2 Å². The van der Waals surface area contributed by atoms with E-state index in [0.29, 0.717) is 19.2 Å².